The van der Waals surface area contributed by atoms with Crippen LogP contribution < -0.4 is 11.1 Å². The SMILES string of the molecule is CC(C)CCOCCNC(=O)c1cc(N)cc(Cl)c1. The van der Waals surface area contributed by atoms with E-state index in [1.54, 1.807) is 18.2 Å². The predicted molar refractivity (Wildman–Crippen MR) is 78.5 cm³/mol. The first-order valence-corrected chi connectivity index (χ1v) is 6.79. The third-order valence-electron chi connectivity index (χ3n) is 2.55. The Morgan fingerprint density at radius 3 is 2.74 bits per heavy atom. The molecule has 1 rings (SSSR count). The van der Waals surface area contributed by atoms with E-state index in [-0.39, 0.29) is 5.91 Å². The maximum Gasteiger partial charge on any atom is 0.251 e. The van der Waals surface area contributed by atoms with Crippen molar-refractivity contribution in [2.75, 3.05) is 25.5 Å². The van der Waals surface area contributed by atoms with Gasteiger partial charge in [0.2, 0.25) is 0 Å². The summed E-state index contributed by atoms with van der Waals surface area (Å²) >= 11 is 5.84. The molecule has 19 heavy (non-hydrogen) atoms. The second-order valence-electron chi connectivity index (χ2n) is 4.82. The molecule has 0 atom stereocenters. The lowest BCUT2D eigenvalue weighted by Gasteiger charge is -2.08. The fourth-order valence-corrected chi connectivity index (χ4v) is 1.75. The second-order valence-corrected chi connectivity index (χ2v) is 5.26. The molecular weight excluding hydrogens is 264 g/mol. The Hall–Kier alpha value is -1.26. The smallest absolute Gasteiger partial charge is 0.251 e. The molecule has 0 fully saturated rings. The number of nitrogen functional groups attached to an aromatic ring is 1. The van der Waals surface area contributed by atoms with Gasteiger partial charge in [0, 0.05) is 29.4 Å². The highest BCUT2D eigenvalue weighted by Crippen LogP contribution is 2.16. The molecule has 0 unspecified atom stereocenters. The maximum atomic E-state index is 11.8. The van der Waals surface area contributed by atoms with Gasteiger partial charge in [0.15, 0.2) is 0 Å². The molecule has 0 heterocycles. The molecule has 5 heteroatoms. The summed E-state index contributed by atoms with van der Waals surface area (Å²) in [6.45, 7) is 6.00. The molecule has 106 valence electrons. The van der Waals surface area contributed by atoms with Gasteiger partial charge in [-0.25, -0.2) is 0 Å². The van der Waals surface area contributed by atoms with Gasteiger partial charge in [-0.05, 0) is 30.5 Å². The molecule has 4 nitrogen and oxygen atoms in total. The zero-order valence-electron chi connectivity index (χ0n) is 11.4. The quantitative estimate of drug-likeness (QED) is 0.598. The third kappa shape index (κ3) is 6.45. The number of rotatable bonds is 7. The minimum atomic E-state index is -0.193. The van der Waals surface area contributed by atoms with Crippen molar-refractivity contribution in [2.24, 2.45) is 5.92 Å². The van der Waals surface area contributed by atoms with Gasteiger partial charge >= 0.3 is 0 Å². The van der Waals surface area contributed by atoms with Crippen LogP contribution in [0, 0.1) is 5.92 Å². The van der Waals surface area contributed by atoms with Gasteiger partial charge in [-0.2, -0.15) is 0 Å². The minimum Gasteiger partial charge on any atom is -0.399 e. The van der Waals surface area contributed by atoms with Gasteiger partial charge in [-0.3, -0.25) is 4.79 Å². The number of carbonyl (C=O) groups is 1. The first-order chi connectivity index (χ1) is 8.99. The second kappa shape index (κ2) is 8.02. The van der Waals surface area contributed by atoms with Gasteiger partial charge in [0.1, 0.15) is 0 Å². The van der Waals surface area contributed by atoms with Crippen LogP contribution in [-0.4, -0.2) is 25.7 Å². The Bertz CT molecular complexity index is 402. The van der Waals surface area contributed by atoms with Crippen LogP contribution in [0.1, 0.15) is 30.6 Å². The van der Waals surface area contributed by atoms with Gasteiger partial charge in [0.25, 0.3) is 5.91 Å². The third-order valence-corrected chi connectivity index (χ3v) is 2.77. The maximum absolute atomic E-state index is 11.8. The van der Waals surface area contributed by atoms with Crippen LogP contribution in [0.5, 0.6) is 0 Å². The van der Waals surface area contributed by atoms with Crippen molar-refractivity contribution in [2.45, 2.75) is 20.3 Å². The summed E-state index contributed by atoms with van der Waals surface area (Å²) in [5.74, 6) is 0.436. The minimum absolute atomic E-state index is 0.193. The van der Waals surface area contributed by atoms with E-state index < -0.39 is 0 Å². The number of anilines is 1. The molecule has 0 saturated heterocycles. The van der Waals surface area contributed by atoms with E-state index in [0.717, 1.165) is 13.0 Å². The number of amides is 1. The van der Waals surface area contributed by atoms with Crippen molar-refractivity contribution < 1.29 is 9.53 Å². The Labute approximate surface area is 119 Å². The zero-order valence-corrected chi connectivity index (χ0v) is 12.2. The fraction of sp³-hybridized carbons (Fsp3) is 0.500. The summed E-state index contributed by atoms with van der Waals surface area (Å²) in [4.78, 5) is 11.8. The van der Waals surface area contributed by atoms with E-state index in [2.05, 4.69) is 19.2 Å². The number of hydrogen-bond acceptors (Lipinski definition) is 3. The average Bonchev–Trinajstić information content (AvgIpc) is 2.31. The monoisotopic (exact) mass is 284 g/mol. The lowest BCUT2D eigenvalue weighted by atomic mass is 10.1. The molecule has 1 amide bonds. The molecule has 0 aliphatic rings. The van der Waals surface area contributed by atoms with Crippen molar-refractivity contribution in [1.29, 1.82) is 0 Å². The molecule has 0 bridgehead atoms. The summed E-state index contributed by atoms with van der Waals surface area (Å²) in [5, 5.41) is 3.22. The van der Waals surface area contributed by atoms with Crippen molar-refractivity contribution in [3.63, 3.8) is 0 Å². The van der Waals surface area contributed by atoms with Gasteiger partial charge in [-0.1, -0.05) is 25.4 Å². The molecule has 0 radical (unpaired) electrons. The lowest BCUT2D eigenvalue weighted by molar-refractivity contribution is 0.0906. The fourth-order valence-electron chi connectivity index (χ4n) is 1.50. The van der Waals surface area contributed by atoms with Crippen LogP contribution in [0.4, 0.5) is 5.69 Å². The number of nitrogens with one attached hydrogen (secondary N) is 1. The van der Waals surface area contributed by atoms with E-state index in [4.69, 9.17) is 22.1 Å². The van der Waals surface area contributed by atoms with Gasteiger partial charge < -0.3 is 15.8 Å². The number of benzene rings is 1. The van der Waals surface area contributed by atoms with Crippen LogP contribution in [0.3, 0.4) is 0 Å². The summed E-state index contributed by atoms with van der Waals surface area (Å²) in [6, 6.07) is 4.79. The number of halogens is 1. The number of ether oxygens (including phenoxy) is 1. The summed E-state index contributed by atoms with van der Waals surface area (Å²) in [7, 11) is 0. The molecule has 1 aromatic carbocycles. The Morgan fingerprint density at radius 1 is 1.37 bits per heavy atom. The number of nitrogens with two attached hydrogens (primary N) is 1. The normalized spacial score (nSPS) is 10.7. The van der Waals surface area contributed by atoms with Gasteiger partial charge in [-0.15, -0.1) is 0 Å². The Morgan fingerprint density at radius 2 is 2.11 bits per heavy atom. The molecule has 3 N–H and O–H groups in total. The topological polar surface area (TPSA) is 64.3 Å². The Balaban J connectivity index is 2.27. The van der Waals surface area contributed by atoms with E-state index in [1.165, 1.54) is 0 Å². The van der Waals surface area contributed by atoms with E-state index in [1.807, 2.05) is 0 Å². The number of carbonyl (C=O) groups excluding carboxylic acids is 1. The van der Waals surface area contributed by atoms with Crippen LogP contribution in [0.25, 0.3) is 0 Å². The largest absolute Gasteiger partial charge is 0.399 e. The Kier molecular flexibility index (Phi) is 6.67. The van der Waals surface area contributed by atoms with Crippen LogP contribution in [-0.2, 0) is 4.74 Å². The average molecular weight is 285 g/mol. The van der Waals surface area contributed by atoms with Crippen molar-refractivity contribution in [1.82, 2.24) is 5.32 Å². The van der Waals surface area contributed by atoms with E-state index in [0.29, 0.717) is 35.3 Å². The summed E-state index contributed by atoms with van der Waals surface area (Å²) in [6.07, 6.45) is 1.03. The molecule has 0 aliphatic carbocycles. The van der Waals surface area contributed by atoms with Crippen LogP contribution in [0.2, 0.25) is 5.02 Å². The van der Waals surface area contributed by atoms with Crippen molar-refractivity contribution >= 4 is 23.2 Å². The standard InChI is InChI=1S/C14H21ClN2O2/c1-10(2)3-5-19-6-4-17-14(18)11-7-12(15)9-13(16)8-11/h7-10H,3-6,16H2,1-2H3,(H,17,18). The van der Waals surface area contributed by atoms with Crippen LogP contribution in [0.15, 0.2) is 18.2 Å². The highest BCUT2D eigenvalue weighted by molar-refractivity contribution is 6.31. The van der Waals surface area contributed by atoms with Crippen molar-refractivity contribution in [3.05, 3.63) is 28.8 Å². The summed E-state index contributed by atoms with van der Waals surface area (Å²) < 4.78 is 5.41. The highest BCUT2D eigenvalue weighted by atomic mass is 35.5. The predicted octanol–water partition coefficient (Wildman–Crippen LogP) is 2.71. The summed E-state index contributed by atoms with van der Waals surface area (Å²) in [5.41, 5.74) is 6.57. The first kappa shape index (κ1) is 15.8. The van der Waals surface area contributed by atoms with Gasteiger partial charge in [0.05, 0.1) is 6.61 Å². The van der Waals surface area contributed by atoms with E-state index >= 15 is 0 Å². The molecule has 0 saturated carbocycles. The molecule has 0 aromatic heterocycles. The molecule has 0 aliphatic heterocycles. The van der Waals surface area contributed by atoms with Crippen LogP contribution >= 0.6 is 11.6 Å². The molecule has 0 spiro atoms. The first-order valence-electron chi connectivity index (χ1n) is 6.41. The molecular formula is C14H21ClN2O2. The zero-order chi connectivity index (χ0) is 14.3. The van der Waals surface area contributed by atoms with E-state index in [9.17, 15) is 4.79 Å². The van der Waals surface area contributed by atoms with Crippen molar-refractivity contribution in [3.8, 4) is 0 Å². The highest BCUT2D eigenvalue weighted by Gasteiger charge is 2.06. The molecule has 1 aromatic rings. The lowest BCUT2D eigenvalue weighted by Crippen LogP contribution is -2.27. The number of hydrogen-bond donors (Lipinski definition) is 2.